The van der Waals surface area contributed by atoms with E-state index in [0.29, 0.717) is 35.2 Å². The Morgan fingerprint density at radius 2 is 1.24 bits per heavy atom. The molecule has 2 atom stereocenters. The van der Waals surface area contributed by atoms with Crippen LogP contribution in [0.4, 0.5) is 28.3 Å². The third-order valence-electron chi connectivity index (χ3n) is 9.72. The molecule has 0 spiro atoms. The van der Waals surface area contributed by atoms with Crippen LogP contribution >= 0.6 is 12.4 Å². The fraction of sp³-hybridized carbons (Fsp3) is 0.390. The Balaban J connectivity index is 0.000000198. The summed E-state index contributed by atoms with van der Waals surface area (Å²) in [7, 11) is 3.72. The van der Waals surface area contributed by atoms with E-state index in [1.54, 1.807) is 9.36 Å². The quantitative estimate of drug-likeness (QED) is 0.116. The number of nitrogens with zero attached hydrogens (tertiary/aromatic N) is 10. The summed E-state index contributed by atoms with van der Waals surface area (Å²) < 4.78 is 8.89. The fourth-order valence-corrected chi connectivity index (χ4v) is 7.06. The highest BCUT2D eigenvalue weighted by atomic mass is 35.5. The fourth-order valence-electron chi connectivity index (χ4n) is 7.06. The minimum atomic E-state index is -0.527. The zero-order valence-corrected chi connectivity index (χ0v) is 34.3. The van der Waals surface area contributed by atoms with Gasteiger partial charge in [0, 0.05) is 55.8 Å². The molecule has 0 saturated heterocycles. The number of nitrogens with one attached hydrogen (secondary N) is 3. The van der Waals surface area contributed by atoms with Crippen molar-refractivity contribution in [2.75, 3.05) is 10.6 Å². The SMILES string of the molecule is Cl.Cn1ccc(Nc2ncnc(-c3ccc4c(c3)CCCC[C@H]4N)n2)n1.Cn1ccc(Nc2ncnc(-c3ccc4c(c3)CCCC[C@H]4NC(=O)OC(C)(C)C)n2)n1. The first-order valence-corrected chi connectivity index (χ1v) is 19.4. The maximum Gasteiger partial charge on any atom is 0.408 e. The molecule has 2 aliphatic carbocycles. The van der Waals surface area contributed by atoms with Crippen molar-refractivity contribution in [3.8, 4) is 22.8 Å². The van der Waals surface area contributed by atoms with Gasteiger partial charge in [-0.05, 0) is 93.7 Å². The lowest BCUT2D eigenvalue weighted by Gasteiger charge is -2.24. The first-order valence-electron chi connectivity index (χ1n) is 19.4. The smallest absolute Gasteiger partial charge is 0.408 e. The molecule has 2 aliphatic rings. The summed E-state index contributed by atoms with van der Waals surface area (Å²) >= 11 is 0. The number of carbonyl (C=O) groups excluding carboxylic acids is 1. The molecule has 0 bridgehead atoms. The molecule has 1 amide bonds. The summed E-state index contributed by atoms with van der Waals surface area (Å²) in [6, 6.07) is 16.3. The number of amides is 1. The van der Waals surface area contributed by atoms with Crippen LogP contribution in [-0.4, -0.2) is 61.2 Å². The normalized spacial score (nSPS) is 16.2. The van der Waals surface area contributed by atoms with Crippen molar-refractivity contribution < 1.29 is 9.53 Å². The van der Waals surface area contributed by atoms with Crippen LogP contribution in [0.2, 0.25) is 0 Å². The molecule has 0 unspecified atom stereocenters. The predicted molar refractivity (Wildman–Crippen MR) is 225 cm³/mol. The van der Waals surface area contributed by atoms with Crippen LogP contribution in [0, 0.1) is 0 Å². The number of carbonyl (C=O) groups is 1. The van der Waals surface area contributed by atoms with Gasteiger partial charge in [-0.1, -0.05) is 37.1 Å². The van der Waals surface area contributed by atoms with Gasteiger partial charge in [-0.3, -0.25) is 9.36 Å². The Hall–Kier alpha value is -6.00. The molecule has 5 N–H and O–H groups in total. The predicted octanol–water partition coefficient (Wildman–Crippen LogP) is 7.47. The van der Waals surface area contributed by atoms with Crippen LogP contribution in [0.1, 0.15) is 93.6 Å². The van der Waals surface area contributed by atoms with Gasteiger partial charge in [0.1, 0.15) is 18.3 Å². The summed E-state index contributed by atoms with van der Waals surface area (Å²) in [6.07, 6.45) is 14.7. The van der Waals surface area contributed by atoms with Crippen LogP contribution in [0.3, 0.4) is 0 Å². The highest BCUT2D eigenvalue weighted by molar-refractivity contribution is 5.85. The van der Waals surface area contributed by atoms with Crippen molar-refractivity contribution >= 4 is 42.0 Å². The van der Waals surface area contributed by atoms with Crippen molar-refractivity contribution in [3.05, 3.63) is 95.8 Å². The van der Waals surface area contributed by atoms with Crippen LogP contribution in [-0.2, 0) is 31.7 Å². The van der Waals surface area contributed by atoms with Crippen molar-refractivity contribution in [2.24, 2.45) is 19.8 Å². The topological polar surface area (TPSA) is 201 Å². The van der Waals surface area contributed by atoms with Gasteiger partial charge >= 0.3 is 6.09 Å². The molecule has 2 aromatic carbocycles. The summed E-state index contributed by atoms with van der Waals surface area (Å²) in [6.45, 7) is 5.60. The van der Waals surface area contributed by atoms with Gasteiger partial charge < -0.3 is 26.4 Å². The van der Waals surface area contributed by atoms with Gasteiger partial charge in [-0.15, -0.1) is 12.4 Å². The van der Waals surface area contributed by atoms with Crippen LogP contribution in [0.15, 0.2) is 73.6 Å². The lowest BCUT2D eigenvalue weighted by atomic mass is 9.96. The second-order valence-electron chi connectivity index (χ2n) is 15.4. The van der Waals surface area contributed by atoms with Crippen molar-refractivity contribution in [3.63, 3.8) is 0 Å². The number of aromatic nitrogens is 10. The zero-order chi connectivity index (χ0) is 39.9. The van der Waals surface area contributed by atoms with Crippen molar-refractivity contribution in [1.82, 2.24) is 54.8 Å². The molecule has 0 saturated carbocycles. The number of fused-ring (bicyclic) bond motifs is 2. The van der Waals surface area contributed by atoms with Crippen LogP contribution < -0.4 is 21.7 Å². The number of benzene rings is 2. The van der Waals surface area contributed by atoms with E-state index in [1.807, 2.05) is 71.5 Å². The van der Waals surface area contributed by atoms with Gasteiger partial charge in [-0.2, -0.15) is 20.2 Å². The molecular weight excluding hydrogens is 756 g/mol. The number of rotatable bonds is 7. The molecule has 0 radical (unpaired) electrons. The van der Waals surface area contributed by atoms with Gasteiger partial charge in [0.15, 0.2) is 23.3 Å². The second-order valence-corrected chi connectivity index (χ2v) is 15.4. The average molecular weight is 807 g/mol. The number of aryl methyl sites for hydroxylation is 4. The van der Waals surface area contributed by atoms with E-state index in [0.717, 1.165) is 55.2 Å². The highest BCUT2D eigenvalue weighted by Gasteiger charge is 2.24. The molecular formula is C41H51ClN14O2. The van der Waals surface area contributed by atoms with Crippen LogP contribution in [0.5, 0.6) is 0 Å². The van der Waals surface area contributed by atoms with E-state index < -0.39 is 5.60 Å². The largest absolute Gasteiger partial charge is 0.444 e. The Morgan fingerprint density at radius 3 is 1.76 bits per heavy atom. The standard InChI is InChI=1S/C23H29N7O2.C18H21N7.ClH/c1-23(2,3)32-22(31)26-18-8-6-5-7-15-13-16(9-10-17(15)18)20-24-14-25-21(28-20)27-19-11-12-30(4)29-19;1-25-9-8-16(24-25)22-18-21-11-20-17(23-18)13-6-7-14-12(10-13)4-2-3-5-15(14)19;/h9-14,18H,5-8H2,1-4H3,(H,26,31)(H,24,25,27,28,29);6-11,15H,2-5,19H2,1H3,(H,20,21,22,23,24);1H/t18-;15-;/m11./s1. The lowest BCUT2D eigenvalue weighted by Crippen LogP contribution is -2.35. The lowest BCUT2D eigenvalue weighted by molar-refractivity contribution is 0.0501. The number of ether oxygens (including phenoxy) is 1. The molecule has 58 heavy (non-hydrogen) atoms. The molecule has 8 rings (SSSR count). The Morgan fingerprint density at radius 1 is 0.724 bits per heavy atom. The van der Waals surface area contributed by atoms with Crippen molar-refractivity contribution in [1.29, 1.82) is 0 Å². The summed E-state index contributed by atoms with van der Waals surface area (Å²) in [5, 5.41) is 17.8. The first kappa shape index (κ1) is 41.6. The minimum absolute atomic E-state index is 0. The summed E-state index contributed by atoms with van der Waals surface area (Å²) in [5.41, 5.74) is 12.5. The van der Waals surface area contributed by atoms with E-state index in [4.69, 9.17) is 10.5 Å². The van der Waals surface area contributed by atoms with Gasteiger partial charge in [-0.25, -0.2) is 24.7 Å². The number of alkyl carbamates (subject to hydrolysis) is 1. The molecule has 16 nitrogen and oxygen atoms in total. The minimum Gasteiger partial charge on any atom is -0.444 e. The van der Waals surface area contributed by atoms with Crippen LogP contribution in [0.25, 0.3) is 22.8 Å². The maximum atomic E-state index is 12.4. The number of nitrogens with two attached hydrogens (primary N) is 1. The van der Waals surface area contributed by atoms with Gasteiger partial charge in [0.05, 0.1) is 6.04 Å². The second kappa shape index (κ2) is 18.5. The summed E-state index contributed by atoms with van der Waals surface area (Å²) in [4.78, 5) is 38.5. The van der Waals surface area contributed by atoms with E-state index in [1.165, 1.54) is 42.2 Å². The molecule has 0 aliphatic heterocycles. The monoisotopic (exact) mass is 806 g/mol. The molecule has 6 aromatic rings. The van der Waals surface area contributed by atoms with E-state index in [9.17, 15) is 4.79 Å². The Bertz CT molecular complexity index is 2320. The Labute approximate surface area is 344 Å². The number of halogens is 1. The van der Waals surface area contributed by atoms with Crippen molar-refractivity contribution in [2.45, 2.75) is 89.8 Å². The molecule has 4 heterocycles. The van der Waals surface area contributed by atoms with Gasteiger partial charge in [0.2, 0.25) is 11.9 Å². The number of hydrogen-bond acceptors (Lipinski definition) is 13. The zero-order valence-electron chi connectivity index (χ0n) is 33.5. The first-order chi connectivity index (χ1) is 27.5. The third-order valence-corrected chi connectivity index (χ3v) is 9.72. The van der Waals surface area contributed by atoms with Gasteiger partial charge in [0.25, 0.3) is 0 Å². The molecule has 0 fully saturated rings. The molecule has 4 aromatic heterocycles. The average Bonchev–Trinajstić information content (AvgIpc) is 3.66. The van der Waals surface area contributed by atoms with E-state index in [2.05, 4.69) is 80.3 Å². The van der Waals surface area contributed by atoms with E-state index in [-0.39, 0.29) is 30.6 Å². The van der Waals surface area contributed by atoms with E-state index >= 15 is 0 Å². The highest BCUT2D eigenvalue weighted by Crippen LogP contribution is 2.33. The Kier molecular flexibility index (Phi) is 13.3. The number of hydrogen-bond donors (Lipinski definition) is 4. The molecule has 304 valence electrons. The maximum absolute atomic E-state index is 12.4. The third kappa shape index (κ3) is 10.9. The summed E-state index contributed by atoms with van der Waals surface area (Å²) in [5.74, 6) is 3.52. The molecule has 17 heteroatoms. The number of anilines is 4.